The Morgan fingerprint density at radius 1 is 1.07 bits per heavy atom. The topological polar surface area (TPSA) is 98.8 Å². The zero-order chi connectivity index (χ0) is 20.4. The quantitative estimate of drug-likeness (QED) is 0.403. The van der Waals surface area contributed by atoms with Gasteiger partial charge < -0.3 is 14.8 Å². The number of Topliss-reactive ketones (excluding diaryl/α,β-unsaturated/α-hetero) is 2. The fourth-order valence-electron chi connectivity index (χ4n) is 2.24. The third-order valence-electron chi connectivity index (χ3n) is 3.43. The number of amides is 1. The normalized spacial score (nSPS) is 12.0. The Labute approximate surface area is 159 Å². The van der Waals surface area contributed by atoms with Gasteiger partial charge in [0.25, 0.3) is 0 Å². The van der Waals surface area contributed by atoms with Gasteiger partial charge in [-0.15, -0.1) is 0 Å². The lowest BCUT2D eigenvalue weighted by Crippen LogP contribution is -2.44. The van der Waals surface area contributed by atoms with E-state index in [1.165, 1.54) is 0 Å². The lowest BCUT2D eigenvalue weighted by Gasteiger charge is -2.22. The van der Waals surface area contributed by atoms with Crippen LogP contribution in [0.3, 0.4) is 0 Å². The van der Waals surface area contributed by atoms with Crippen LogP contribution in [0.2, 0.25) is 0 Å². The number of esters is 1. The van der Waals surface area contributed by atoms with Crippen molar-refractivity contribution in [1.29, 1.82) is 0 Å². The van der Waals surface area contributed by atoms with Gasteiger partial charge >= 0.3 is 12.1 Å². The molecule has 0 bridgehead atoms. The Bertz CT molecular complexity index is 663. The van der Waals surface area contributed by atoms with E-state index in [1.54, 1.807) is 58.0 Å². The van der Waals surface area contributed by atoms with Crippen molar-refractivity contribution in [2.24, 2.45) is 0 Å². The summed E-state index contributed by atoms with van der Waals surface area (Å²) in [4.78, 5) is 48.1. The predicted octanol–water partition coefficient (Wildman–Crippen LogP) is 3.07. The van der Waals surface area contributed by atoms with Crippen molar-refractivity contribution in [3.05, 3.63) is 35.9 Å². The van der Waals surface area contributed by atoms with E-state index in [0.29, 0.717) is 5.56 Å². The summed E-state index contributed by atoms with van der Waals surface area (Å²) < 4.78 is 10.1. The van der Waals surface area contributed by atoms with E-state index in [4.69, 9.17) is 9.47 Å². The van der Waals surface area contributed by atoms with Gasteiger partial charge in [-0.3, -0.25) is 9.59 Å². The van der Waals surface area contributed by atoms with Gasteiger partial charge in [0.1, 0.15) is 17.4 Å². The van der Waals surface area contributed by atoms with Crippen LogP contribution in [0.25, 0.3) is 0 Å². The van der Waals surface area contributed by atoms with Crippen LogP contribution in [0.15, 0.2) is 30.3 Å². The van der Waals surface area contributed by atoms with Crippen LogP contribution in [0.5, 0.6) is 0 Å². The molecule has 7 nitrogen and oxygen atoms in total. The van der Waals surface area contributed by atoms with Crippen LogP contribution < -0.4 is 5.32 Å². The zero-order valence-corrected chi connectivity index (χ0v) is 16.2. The number of rotatable bonds is 9. The van der Waals surface area contributed by atoms with Crippen molar-refractivity contribution in [3.63, 3.8) is 0 Å². The number of ether oxygens (including phenoxy) is 2. The van der Waals surface area contributed by atoms with Crippen molar-refractivity contribution in [2.75, 3.05) is 6.61 Å². The van der Waals surface area contributed by atoms with E-state index in [1.807, 2.05) is 0 Å². The molecule has 0 radical (unpaired) electrons. The third-order valence-corrected chi connectivity index (χ3v) is 3.43. The second-order valence-corrected chi connectivity index (χ2v) is 6.99. The third kappa shape index (κ3) is 8.99. The minimum atomic E-state index is -1.02. The molecule has 7 heteroatoms. The predicted molar refractivity (Wildman–Crippen MR) is 99.4 cm³/mol. The van der Waals surface area contributed by atoms with E-state index in [2.05, 4.69) is 5.32 Å². The maximum absolute atomic E-state index is 12.1. The second kappa shape index (κ2) is 10.4. The van der Waals surface area contributed by atoms with E-state index >= 15 is 0 Å². The fraction of sp³-hybridized carbons (Fsp3) is 0.500. The van der Waals surface area contributed by atoms with Gasteiger partial charge in [0.2, 0.25) is 0 Å². The molecule has 0 unspecified atom stereocenters. The highest BCUT2D eigenvalue weighted by Crippen LogP contribution is 2.10. The molecular formula is C20H27NO6. The van der Waals surface area contributed by atoms with Gasteiger partial charge in [-0.2, -0.15) is 0 Å². The smallest absolute Gasteiger partial charge is 0.408 e. The summed E-state index contributed by atoms with van der Waals surface area (Å²) in [6.45, 7) is 6.89. The first-order valence-corrected chi connectivity index (χ1v) is 8.88. The molecule has 1 amide bonds. The number of nitrogens with one attached hydrogen (secondary N) is 1. The summed E-state index contributed by atoms with van der Waals surface area (Å²) in [6.07, 6.45) is -1.05. The Hall–Kier alpha value is -2.70. The minimum absolute atomic E-state index is 0.0268. The molecular weight excluding hydrogens is 350 g/mol. The van der Waals surface area contributed by atoms with Gasteiger partial charge in [-0.25, -0.2) is 9.59 Å². The number of carbonyl (C=O) groups is 4. The van der Waals surface area contributed by atoms with Crippen molar-refractivity contribution in [3.8, 4) is 0 Å². The largest absolute Gasteiger partial charge is 0.464 e. The van der Waals surface area contributed by atoms with Crippen molar-refractivity contribution in [1.82, 2.24) is 5.32 Å². The molecule has 0 heterocycles. The summed E-state index contributed by atoms with van der Waals surface area (Å²) in [7, 11) is 0. The van der Waals surface area contributed by atoms with E-state index in [9.17, 15) is 19.2 Å². The lowest BCUT2D eigenvalue weighted by atomic mass is 10.0. The van der Waals surface area contributed by atoms with Gasteiger partial charge in [0.15, 0.2) is 5.78 Å². The molecule has 0 saturated carbocycles. The van der Waals surface area contributed by atoms with Gasteiger partial charge in [-0.05, 0) is 34.1 Å². The average Bonchev–Trinajstić information content (AvgIpc) is 2.57. The van der Waals surface area contributed by atoms with Crippen molar-refractivity contribution in [2.45, 2.75) is 58.6 Å². The summed E-state index contributed by atoms with van der Waals surface area (Å²) >= 11 is 0. The SMILES string of the molecule is CCOC(=O)[C@H](CCC(=O)CC(=O)c1ccccc1)NC(=O)OC(C)(C)C. The monoisotopic (exact) mass is 377 g/mol. The highest BCUT2D eigenvalue weighted by atomic mass is 16.6. The molecule has 1 aromatic carbocycles. The Morgan fingerprint density at radius 3 is 2.26 bits per heavy atom. The molecule has 0 aliphatic heterocycles. The molecule has 0 aliphatic carbocycles. The number of hydrogen-bond donors (Lipinski definition) is 1. The lowest BCUT2D eigenvalue weighted by molar-refractivity contribution is -0.145. The molecule has 0 fully saturated rings. The van der Waals surface area contributed by atoms with Crippen LogP contribution in [0.1, 0.15) is 57.3 Å². The number of benzene rings is 1. The number of alkyl carbamates (subject to hydrolysis) is 1. The minimum Gasteiger partial charge on any atom is -0.464 e. The summed E-state index contributed by atoms with van der Waals surface area (Å²) in [5.74, 6) is -1.25. The Balaban J connectivity index is 2.61. The van der Waals surface area contributed by atoms with Crippen molar-refractivity contribution < 1.29 is 28.7 Å². The molecule has 1 N–H and O–H groups in total. The van der Waals surface area contributed by atoms with Crippen LogP contribution in [-0.2, 0) is 19.1 Å². The highest BCUT2D eigenvalue weighted by molar-refractivity contribution is 6.08. The number of ketones is 2. The highest BCUT2D eigenvalue weighted by Gasteiger charge is 2.26. The van der Waals surface area contributed by atoms with Crippen LogP contribution in [0, 0.1) is 0 Å². The van der Waals surface area contributed by atoms with Gasteiger partial charge in [-0.1, -0.05) is 30.3 Å². The maximum Gasteiger partial charge on any atom is 0.408 e. The molecule has 0 saturated heterocycles. The summed E-state index contributed by atoms with van der Waals surface area (Å²) in [5, 5.41) is 2.43. The van der Waals surface area contributed by atoms with E-state index in [-0.39, 0.29) is 37.4 Å². The van der Waals surface area contributed by atoms with Gasteiger partial charge in [0.05, 0.1) is 13.0 Å². The van der Waals surface area contributed by atoms with Crippen LogP contribution in [-0.4, -0.2) is 41.9 Å². The fourth-order valence-corrected chi connectivity index (χ4v) is 2.24. The van der Waals surface area contributed by atoms with E-state index < -0.39 is 23.7 Å². The van der Waals surface area contributed by atoms with Gasteiger partial charge in [0, 0.05) is 12.0 Å². The second-order valence-electron chi connectivity index (χ2n) is 6.99. The molecule has 1 rings (SSSR count). The Kier molecular flexibility index (Phi) is 8.65. The number of carbonyl (C=O) groups excluding carboxylic acids is 4. The molecule has 27 heavy (non-hydrogen) atoms. The molecule has 0 aliphatic rings. The first kappa shape index (κ1) is 22.3. The Morgan fingerprint density at radius 2 is 1.70 bits per heavy atom. The maximum atomic E-state index is 12.1. The molecule has 1 aromatic rings. The zero-order valence-electron chi connectivity index (χ0n) is 16.2. The first-order chi connectivity index (χ1) is 12.6. The standard InChI is InChI=1S/C20H27NO6/c1-5-26-18(24)16(21-19(25)27-20(2,3)4)12-11-15(22)13-17(23)14-9-7-6-8-10-14/h6-10,16H,5,11-13H2,1-4H3,(H,21,25)/t16-/m0/s1. The molecule has 1 atom stereocenters. The van der Waals surface area contributed by atoms with Crippen molar-refractivity contribution >= 4 is 23.6 Å². The molecule has 0 spiro atoms. The molecule has 148 valence electrons. The van der Waals surface area contributed by atoms with Crippen LogP contribution in [0.4, 0.5) is 4.79 Å². The average molecular weight is 377 g/mol. The van der Waals surface area contributed by atoms with Crippen LogP contribution >= 0.6 is 0 Å². The first-order valence-electron chi connectivity index (χ1n) is 8.88. The summed E-state index contributed by atoms with van der Waals surface area (Å²) in [5.41, 5.74) is -0.263. The summed E-state index contributed by atoms with van der Waals surface area (Å²) in [6, 6.07) is 7.49. The van der Waals surface area contributed by atoms with E-state index in [0.717, 1.165) is 0 Å². The number of hydrogen-bond acceptors (Lipinski definition) is 6. The molecule has 0 aromatic heterocycles.